The Morgan fingerprint density at radius 2 is 2.54 bits per heavy atom. The van der Waals surface area contributed by atoms with Crippen molar-refractivity contribution in [1.82, 2.24) is 0 Å². The number of rotatable bonds is 4. The number of esters is 1. The summed E-state index contributed by atoms with van der Waals surface area (Å²) in [6.07, 6.45) is 3.64. The van der Waals surface area contributed by atoms with Crippen LogP contribution in [0.5, 0.6) is 0 Å². The Morgan fingerprint density at radius 3 is 3.08 bits per heavy atom. The molecule has 1 heterocycles. The lowest BCUT2D eigenvalue weighted by molar-refractivity contribution is -0.143. The molecule has 0 spiro atoms. The van der Waals surface area contributed by atoms with Crippen LogP contribution in [0.25, 0.3) is 0 Å². The summed E-state index contributed by atoms with van der Waals surface area (Å²) in [6.45, 7) is 4.52. The molecule has 0 fully saturated rings. The highest BCUT2D eigenvalue weighted by Crippen LogP contribution is 2.31. The summed E-state index contributed by atoms with van der Waals surface area (Å²) < 4.78 is 4.85. The highest BCUT2D eigenvalue weighted by Gasteiger charge is 2.13. The molecule has 1 unspecified atom stereocenters. The molecular formula is C10H16O2S. The van der Waals surface area contributed by atoms with Crippen molar-refractivity contribution in [1.29, 1.82) is 0 Å². The minimum Gasteiger partial charge on any atom is -0.466 e. The van der Waals surface area contributed by atoms with Crippen LogP contribution in [-0.4, -0.2) is 18.3 Å². The van der Waals surface area contributed by atoms with Gasteiger partial charge in [0.1, 0.15) is 0 Å². The number of thioether (sulfide) groups is 1. The molecule has 1 aliphatic heterocycles. The number of carbonyl (C=O) groups is 1. The quantitative estimate of drug-likeness (QED) is 0.652. The van der Waals surface area contributed by atoms with Gasteiger partial charge in [0.05, 0.1) is 13.0 Å². The molecule has 0 bridgehead atoms. The van der Waals surface area contributed by atoms with Crippen molar-refractivity contribution in [2.45, 2.75) is 26.7 Å². The molecule has 0 aromatic carbocycles. The van der Waals surface area contributed by atoms with E-state index in [4.69, 9.17) is 4.74 Å². The molecule has 0 aliphatic carbocycles. The highest BCUT2D eigenvalue weighted by atomic mass is 32.2. The third-order valence-corrected chi connectivity index (χ3v) is 3.29. The maximum absolute atomic E-state index is 11.0. The molecule has 74 valence electrons. The number of allylic oxidation sites excluding steroid dienone is 2. The van der Waals surface area contributed by atoms with Crippen LogP contribution in [0.2, 0.25) is 0 Å². The molecule has 3 heteroatoms. The Labute approximate surface area is 83.7 Å². The van der Waals surface area contributed by atoms with E-state index in [1.165, 1.54) is 4.91 Å². The van der Waals surface area contributed by atoms with Crippen molar-refractivity contribution in [3.05, 3.63) is 11.0 Å². The fraction of sp³-hybridized carbons (Fsp3) is 0.700. The van der Waals surface area contributed by atoms with E-state index in [0.717, 1.165) is 12.2 Å². The molecule has 0 aromatic heterocycles. The van der Waals surface area contributed by atoms with Crippen molar-refractivity contribution in [2.75, 3.05) is 12.4 Å². The molecule has 0 aromatic rings. The van der Waals surface area contributed by atoms with Crippen LogP contribution in [-0.2, 0) is 9.53 Å². The van der Waals surface area contributed by atoms with Gasteiger partial charge in [-0.05, 0) is 24.2 Å². The van der Waals surface area contributed by atoms with Crippen LogP contribution in [0, 0.1) is 5.92 Å². The first-order valence-electron chi connectivity index (χ1n) is 4.71. The maximum atomic E-state index is 11.0. The predicted octanol–water partition coefficient (Wildman–Crippen LogP) is 2.60. The van der Waals surface area contributed by atoms with Crippen LogP contribution >= 0.6 is 11.8 Å². The summed E-state index contributed by atoms with van der Waals surface area (Å²) in [4.78, 5) is 12.4. The molecule has 1 atom stereocenters. The van der Waals surface area contributed by atoms with E-state index in [1.807, 2.05) is 18.7 Å². The van der Waals surface area contributed by atoms with Crippen LogP contribution in [0.1, 0.15) is 26.7 Å². The van der Waals surface area contributed by atoms with Gasteiger partial charge in [-0.1, -0.05) is 13.0 Å². The van der Waals surface area contributed by atoms with Crippen LogP contribution in [0.4, 0.5) is 0 Å². The topological polar surface area (TPSA) is 26.3 Å². The zero-order valence-electron chi connectivity index (χ0n) is 8.21. The zero-order chi connectivity index (χ0) is 9.68. The second-order valence-corrected chi connectivity index (χ2v) is 4.37. The number of hydrogen-bond donors (Lipinski definition) is 0. The molecule has 13 heavy (non-hydrogen) atoms. The summed E-state index contributed by atoms with van der Waals surface area (Å²) in [5.74, 6) is 1.75. The first-order valence-corrected chi connectivity index (χ1v) is 5.70. The summed E-state index contributed by atoms with van der Waals surface area (Å²) in [7, 11) is 0. The molecule has 0 saturated heterocycles. The second-order valence-electron chi connectivity index (χ2n) is 3.23. The Balaban J connectivity index is 2.19. The molecule has 0 amide bonds. The van der Waals surface area contributed by atoms with Gasteiger partial charge >= 0.3 is 5.97 Å². The first-order chi connectivity index (χ1) is 6.22. The van der Waals surface area contributed by atoms with Gasteiger partial charge in [-0.2, -0.15) is 0 Å². The Bertz CT molecular complexity index is 211. The average molecular weight is 200 g/mol. The molecular weight excluding hydrogens is 184 g/mol. The van der Waals surface area contributed by atoms with Crippen molar-refractivity contribution >= 4 is 17.7 Å². The lowest BCUT2D eigenvalue weighted by Crippen LogP contribution is -2.03. The van der Waals surface area contributed by atoms with Gasteiger partial charge in [0, 0.05) is 5.75 Å². The van der Waals surface area contributed by atoms with E-state index >= 15 is 0 Å². The van der Waals surface area contributed by atoms with Gasteiger partial charge < -0.3 is 4.74 Å². The van der Waals surface area contributed by atoms with Gasteiger partial charge in [-0.15, -0.1) is 11.8 Å². The summed E-state index contributed by atoms with van der Waals surface area (Å²) in [5, 5.41) is 0. The van der Waals surface area contributed by atoms with Crippen molar-refractivity contribution in [2.24, 2.45) is 5.92 Å². The van der Waals surface area contributed by atoms with Gasteiger partial charge in [0.2, 0.25) is 0 Å². The van der Waals surface area contributed by atoms with Gasteiger partial charge in [0.25, 0.3) is 0 Å². The van der Waals surface area contributed by atoms with Gasteiger partial charge in [-0.25, -0.2) is 0 Å². The molecule has 0 radical (unpaired) electrons. The Morgan fingerprint density at radius 1 is 1.77 bits per heavy atom. The molecule has 0 saturated carbocycles. The van der Waals surface area contributed by atoms with Crippen molar-refractivity contribution in [3.8, 4) is 0 Å². The van der Waals surface area contributed by atoms with E-state index in [-0.39, 0.29) is 5.97 Å². The largest absolute Gasteiger partial charge is 0.466 e. The van der Waals surface area contributed by atoms with Gasteiger partial charge in [0.15, 0.2) is 0 Å². The van der Waals surface area contributed by atoms with E-state index in [9.17, 15) is 4.79 Å². The Kier molecular flexibility index (Phi) is 4.36. The number of carbonyl (C=O) groups excluding carboxylic acids is 1. The SMILES string of the molecule is CCOC(=O)CCC1=CC(C)CS1. The Hall–Kier alpha value is -0.440. The van der Waals surface area contributed by atoms with Crippen LogP contribution < -0.4 is 0 Å². The summed E-state index contributed by atoms with van der Waals surface area (Å²) in [6, 6.07) is 0. The number of ether oxygens (including phenoxy) is 1. The van der Waals surface area contributed by atoms with E-state index in [1.54, 1.807) is 0 Å². The maximum Gasteiger partial charge on any atom is 0.306 e. The lowest BCUT2D eigenvalue weighted by atomic mass is 10.2. The second kappa shape index (κ2) is 5.32. The van der Waals surface area contributed by atoms with Crippen LogP contribution in [0.15, 0.2) is 11.0 Å². The average Bonchev–Trinajstić information content (AvgIpc) is 2.49. The first kappa shape index (κ1) is 10.6. The molecule has 1 aliphatic rings. The smallest absolute Gasteiger partial charge is 0.306 e. The summed E-state index contributed by atoms with van der Waals surface area (Å²) >= 11 is 1.86. The van der Waals surface area contributed by atoms with Crippen LogP contribution in [0.3, 0.4) is 0 Å². The molecule has 1 rings (SSSR count). The normalized spacial score (nSPS) is 21.4. The van der Waals surface area contributed by atoms with E-state index in [0.29, 0.717) is 18.9 Å². The third-order valence-electron chi connectivity index (χ3n) is 1.88. The summed E-state index contributed by atoms with van der Waals surface area (Å²) in [5.41, 5.74) is 0. The van der Waals surface area contributed by atoms with E-state index < -0.39 is 0 Å². The number of hydrogen-bond acceptors (Lipinski definition) is 3. The molecule has 0 N–H and O–H groups in total. The predicted molar refractivity (Wildman–Crippen MR) is 55.6 cm³/mol. The fourth-order valence-corrected chi connectivity index (χ4v) is 2.41. The van der Waals surface area contributed by atoms with Gasteiger partial charge in [-0.3, -0.25) is 4.79 Å². The molecule has 2 nitrogen and oxygen atoms in total. The highest BCUT2D eigenvalue weighted by molar-refractivity contribution is 8.03. The third kappa shape index (κ3) is 3.85. The van der Waals surface area contributed by atoms with Crippen molar-refractivity contribution in [3.63, 3.8) is 0 Å². The fourth-order valence-electron chi connectivity index (χ4n) is 1.27. The standard InChI is InChI=1S/C10H16O2S/c1-3-12-10(11)5-4-9-6-8(2)7-13-9/h6,8H,3-5,7H2,1-2H3. The minimum atomic E-state index is -0.0800. The van der Waals surface area contributed by atoms with Crippen molar-refractivity contribution < 1.29 is 9.53 Å². The zero-order valence-corrected chi connectivity index (χ0v) is 9.02. The minimum absolute atomic E-state index is 0.0800. The monoisotopic (exact) mass is 200 g/mol. The lowest BCUT2D eigenvalue weighted by Gasteiger charge is -2.01. The van der Waals surface area contributed by atoms with E-state index in [2.05, 4.69) is 13.0 Å².